The molecule has 3 rings (SSSR count). The van der Waals surface area contributed by atoms with Crippen molar-refractivity contribution in [2.24, 2.45) is 0 Å². The highest BCUT2D eigenvalue weighted by atomic mass is 32.2. The van der Waals surface area contributed by atoms with Gasteiger partial charge in [-0.15, -0.1) is 0 Å². The van der Waals surface area contributed by atoms with Crippen LogP contribution in [0.1, 0.15) is 24.1 Å². The zero-order valence-corrected chi connectivity index (χ0v) is 16.2. The molecule has 0 aliphatic carbocycles. The first-order chi connectivity index (χ1) is 13.0. The van der Waals surface area contributed by atoms with Gasteiger partial charge in [0.15, 0.2) is 6.04 Å². The maximum atomic E-state index is 12.9. The van der Waals surface area contributed by atoms with E-state index in [1.807, 2.05) is 43.3 Å². The zero-order chi connectivity index (χ0) is 19.4. The minimum Gasteiger partial charge on any atom is -0.479 e. The van der Waals surface area contributed by atoms with Crippen LogP contribution in [0, 0.1) is 0 Å². The Morgan fingerprint density at radius 3 is 2.30 bits per heavy atom. The molecule has 6 heteroatoms. The predicted octanol–water partition coefficient (Wildman–Crippen LogP) is 4.66. The molecule has 2 aromatic rings. The van der Waals surface area contributed by atoms with Gasteiger partial charge in [0.2, 0.25) is 0 Å². The van der Waals surface area contributed by atoms with E-state index in [0.29, 0.717) is 10.5 Å². The van der Waals surface area contributed by atoms with Crippen molar-refractivity contribution in [3.8, 4) is 0 Å². The fraction of sp³-hybridized carbons (Fsp3) is 0.0952. The number of nitrogens with zero attached hydrogens (tertiary/aromatic N) is 1. The molecule has 1 atom stereocenters. The van der Waals surface area contributed by atoms with Crippen molar-refractivity contribution in [3.63, 3.8) is 0 Å². The highest BCUT2D eigenvalue weighted by Gasteiger charge is 2.41. The summed E-state index contributed by atoms with van der Waals surface area (Å²) in [6.45, 7) is 1.89. The molecule has 0 radical (unpaired) electrons. The van der Waals surface area contributed by atoms with E-state index in [4.69, 9.17) is 12.2 Å². The second-order valence-electron chi connectivity index (χ2n) is 6.00. The van der Waals surface area contributed by atoms with Crippen LogP contribution in [0.3, 0.4) is 0 Å². The van der Waals surface area contributed by atoms with Crippen molar-refractivity contribution in [1.29, 1.82) is 0 Å². The quantitative estimate of drug-likeness (QED) is 0.589. The van der Waals surface area contributed by atoms with E-state index in [-0.39, 0.29) is 10.2 Å². The predicted molar refractivity (Wildman–Crippen MR) is 112 cm³/mol. The van der Waals surface area contributed by atoms with E-state index in [9.17, 15) is 14.7 Å². The molecule has 0 unspecified atom stereocenters. The molecule has 2 aromatic carbocycles. The topological polar surface area (TPSA) is 57.6 Å². The normalized spacial score (nSPS) is 17.4. The lowest BCUT2D eigenvalue weighted by molar-refractivity contribution is -0.145. The van der Waals surface area contributed by atoms with Crippen molar-refractivity contribution in [1.82, 2.24) is 4.90 Å². The standard InChI is InChI=1S/C21H17NO3S2/c1-14(12-15-8-4-2-5-9-15)13-17-19(23)22(21(26)27-17)18(20(24)25)16-10-6-3-7-11-16/h2-13,18H,1H3,(H,24,25)/b14-12-,17-13-/t18-/m1/s1. The summed E-state index contributed by atoms with van der Waals surface area (Å²) in [7, 11) is 0. The summed E-state index contributed by atoms with van der Waals surface area (Å²) in [6.07, 6.45) is 3.70. The molecule has 27 heavy (non-hydrogen) atoms. The second-order valence-corrected chi connectivity index (χ2v) is 7.68. The number of benzene rings is 2. The van der Waals surface area contributed by atoms with Crippen LogP contribution in [0.5, 0.6) is 0 Å². The van der Waals surface area contributed by atoms with Gasteiger partial charge < -0.3 is 5.11 Å². The fourth-order valence-electron chi connectivity index (χ4n) is 2.80. The Labute approximate surface area is 167 Å². The third-order valence-corrected chi connectivity index (χ3v) is 5.31. The monoisotopic (exact) mass is 395 g/mol. The fourth-order valence-corrected chi connectivity index (χ4v) is 4.16. The highest BCUT2D eigenvalue weighted by molar-refractivity contribution is 8.26. The van der Waals surface area contributed by atoms with Crippen LogP contribution in [-0.4, -0.2) is 26.2 Å². The molecule has 4 nitrogen and oxygen atoms in total. The summed E-state index contributed by atoms with van der Waals surface area (Å²) in [6, 6.07) is 17.3. The third kappa shape index (κ3) is 4.35. The number of rotatable bonds is 5. The number of thioether (sulfide) groups is 1. The minimum atomic E-state index is -1.14. The van der Waals surface area contributed by atoms with E-state index in [1.54, 1.807) is 36.4 Å². The van der Waals surface area contributed by atoms with Crippen molar-refractivity contribution < 1.29 is 14.7 Å². The van der Waals surface area contributed by atoms with Gasteiger partial charge in [0.1, 0.15) is 4.32 Å². The number of carbonyl (C=O) groups excluding carboxylic acids is 1. The van der Waals surface area contributed by atoms with E-state index >= 15 is 0 Å². The van der Waals surface area contributed by atoms with Gasteiger partial charge >= 0.3 is 5.97 Å². The number of thiocarbonyl (C=S) groups is 1. The molecule has 0 bridgehead atoms. The molecule has 1 aliphatic rings. The van der Waals surface area contributed by atoms with Crippen LogP contribution in [0.2, 0.25) is 0 Å². The smallest absolute Gasteiger partial charge is 0.331 e. The van der Waals surface area contributed by atoms with Crippen LogP contribution in [-0.2, 0) is 9.59 Å². The molecular formula is C21H17NO3S2. The Kier molecular flexibility index (Phi) is 5.88. The Hall–Kier alpha value is -2.70. The minimum absolute atomic E-state index is 0.245. The van der Waals surface area contributed by atoms with Crippen LogP contribution in [0.15, 0.2) is 77.2 Å². The summed E-state index contributed by atoms with van der Waals surface area (Å²) in [4.78, 5) is 26.3. The van der Waals surface area contributed by atoms with Crippen LogP contribution >= 0.6 is 24.0 Å². The number of aliphatic carboxylic acids is 1. The van der Waals surface area contributed by atoms with Crippen molar-refractivity contribution in [2.45, 2.75) is 13.0 Å². The van der Waals surface area contributed by atoms with Gasteiger partial charge in [0, 0.05) is 0 Å². The first-order valence-electron chi connectivity index (χ1n) is 8.25. The lowest BCUT2D eigenvalue weighted by atomic mass is 10.1. The molecule has 1 fully saturated rings. The van der Waals surface area contributed by atoms with Crippen LogP contribution < -0.4 is 0 Å². The van der Waals surface area contributed by atoms with Crippen LogP contribution in [0.4, 0.5) is 0 Å². The Morgan fingerprint density at radius 2 is 1.70 bits per heavy atom. The maximum absolute atomic E-state index is 12.9. The van der Waals surface area contributed by atoms with Crippen molar-refractivity contribution in [3.05, 3.63) is 88.3 Å². The summed E-state index contributed by atoms with van der Waals surface area (Å²) < 4.78 is 0.245. The number of hydrogen-bond donors (Lipinski definition) is 1. The number of carboxylic acids is 1. The summed E-state index contributed by atoms with van der Waals surface area (Å²) in [5.41, 5.74) is 2.42. The maximum Gasteiger partial charge on any atom is 0.331 e. The van der Waals surface area contributed by atoms with E-state index in [1.165, 1.54) is 4.90 Å². The zero-order valence-electron chi connectivity index (χ0n) is 14.5. The largest absolute Gasteiger partial charge is 0.479 e. The SMILES string of the molecule is CC(=C/c1ccccc1)/C=C1\SC(=S)N([C@@H](C(=O)O)c2ccccc2)C1=O. The number of amides is 1. The van der Waals surface area contributed by atoms with Crippen LogP contribution in [0.25, 0.3) is 6.08 Å². The Morgan fingerprint density at radius 1 is 1.11 bits per heavy atom. The first kappa shape index (κ1) is 19.1. The van der Waals surface area contributed by atoms with E-state index < -0.39 is 12.0 Å². The lowest BCUT2D eigenvalue weighted by Gasteiger charge is -2.23. The molecule has 0 saturated carbocycles. The average molecular weight is 396 g/mol. The molecule has 1 N–H and O–H groups in total. The number of carboxylic acid groups (broad SMARTS) is 1. The van der Waals surface area contributed by atoms with Gasteiger partial charge in [0.25, 0.3) is 5.91 Å². The Bertz CT molecular complexity index is 936. The Balaban J connectivity index is 1.90. The lowest BCUT2D eigenvalue weighted by Crippen LogP contribution is -2.37. The molecule has 1 saturated heterocycles. The first-order valence-corrected chi connectivity index (χ1v) is 9.48. The van der Waals surface area contributed by atoms with Gasteiger partial charge in [-0.3, -0.25) is 9.69 Å². The number of allylic oxidation sites excluding steroid dienone is 2. The molecule has 136 valence electrons. The molecule has 1 amide bonds. The van der Waals surface area contributed by atoms with Gasteiger partial charge in [-0.2, -0.15) is 0 Å². The molecule has 0 aromatic heterocycles. The molecule has 1 heterocycles. The highest BCUT2D eigenvalue weighted by Crippen LogP contribution is 2.38. The van der Waals surface area contributed by atoms with E-state index in [2.05, 4.69) is 0 Å². The number of carbonyl (C=O) groups is 2. The van der Waals surface area contributed by atoms with Crippen molar-refractivity contribution >= 4 is 46.3 Å². The van der Waals surface area contributed by atoms with E-state index in [0.717, 1.165) is 22.9 Å². The number of hydrogen-bond acceptors (Lipinski definition) is 4. The molecule has 1 aliphatic heterocycles. The van der Waals surface area contributed by atoms with Gasteiger partial charge in [0.05, 0.1) is 4.91 Å². The molecular weight excluding hydrogens is 378 g/mol. The molecule has 0 spiro atoms. The summed E-state index contributed by atoms with van der Waals surface area (Å²) in [5, 5.41) is 9.69. The second kappa shape index (κ2) is 8.33. The van der Waals surface area contributed by atoms with Crippen molar-refractivity contribution in [2.75, 3.05) is 0 Å². The summed E-state index contributed by atoms with van der Waals surface area (Å²) in [5.74, 6) is -1.50. The van der Waals surface area contributed by atoms with Gasteiger partial charge in [-0.05, 0) is 29.7 Å². The average Bonchev–Trinajstić information content (AvgIpc) is 2.91. The third-order valence-electron chi connectivity index (χ3n) is 3.98. The van der Waals surface area contributed by atoms with Gasteiger partial charge in [-0.25, -0.2) is 4.79 Å². The summed E-state index contributed by atoms with van der Waals surface area (Å²) >= 11 is 6.44. The van der Waals surface area contributed by atoms with Gasteiger partial charge in [-0.1, -0.05) is 90.7 Å².